The number of nitrogens with zero attached hydrogens (tertiary/aromatic N) is 3. The Morgan fingerprint density at radius 3 is 2.74 bits per heavy atom. The first-order valence-electron chi connectivity index (χ1n) is 6.59. The van der Waals surface area contributed by atoms with Crippen molar-refractivity contribution in [3.05, 3.63) is 47.8 Å². The molecular weight excluding hydrogens is 243 g/mol. The summed E-state index contributed by atoms with van der Waals surface area (Å²) in [6.45, 7) is 5.80. The lowest BCUT2D eigenvalue weighted by Gasteiger charge is -2.16. The second-order valence-corrected chi connectivity index (χ2v) is 4.42. The first-order chi connectivity index (χ1) is 9.22. The molecule has 0 aromatic carbocycles. The Kier molecular flexibility index (Phi) is 4.63. The molecule has 2 heterocycles. The van der Waals surface area contributed by atoms with Crippen LogP contribution in [0, 0.1) is 5.82 Å². The van der Waals surface area contributed by atoms with E-state index in [2.05, 4.69) is 22.3 Å². The number of rotatable bonds is 6. The summed E-state index contributed by atoms with van der Waals surface area (Å²) in [5.74, 6) is -0.308. The van der Waals surface area contributed by atoms with Crippen molar-refractivity contribution in [2.75, 3.05) is 6.54 Å². The fourth-order valence-electron chi connectivity index (χ4n) is 2.04. The number of hydrogen-bond donors (Lipinski definition) is 1. The molecule has 1 atom stereocenters. The largest absolute Gasteiger partial charge is 0.309 e. The van der Waals surface area contributed by atoms with Gasteiger partial charge in [0.2, 0.25) is 0 Å². The lowest BCUT2D eigenvalue weighted by molar-refractivity contribution is 0.531. The van der Waals surface area contributed by atoms with Gasteiger partial charge in [0.1, 0.15) is 5.82 Å². The number of aryl methyl sites for hydroxylation is 1. The maximum atomic E-state index is 12.9. The lowest BCUT2D eigenvalue weighted by Crippen LogP contribution is -2.23. The summed E-state index contributed by atoms with van der Waals surface area (Å²) >= 11 is 0. The van der Waals surface area contributed by atoms with Crippen LogP contribution in [0.4, 0.5) is 4.39 Å². The van der Waals surface area contributed by atoms with Gasteiger partial charge in [0.25, 0.3) is 0 Å². The summed E-state index contributed by atoms with van der Waals surface area (Å²) in [5, 5.41) is 7.64. The Bertz CT molecular complexity index is 506. The third-order valence-corrected chi connectivity index (χ3v) is 3.01. The topological polar surface area (TPSA) is 42.7 Å². The highest BCUT2D eigenvalue weighted by Crippen LogP contribution is 2.16. The minimum absolute atomic E-state index is 0.0834. The maximum absolute atomic E-state index is 12.9. The number of hydrogen-bond acceptors (Lipinski definition) is 3. The van der Waals surface area contributed by atoms with Crippen molar-refractivity contribution in [2.45, 2.75) is 32.9 Å². The van der Waals surface area contributed by atoms with Gasteiger partial charge >= 0.3 is 0 Å². The number of likely N-dealkylation sites (N-methyl/N-ethyl adjacent to an activating group) is 1. The van der Waals surface area contributed by atoms with Crippen LogP contribution in [0.1, 0.15) is 31.1 Å². The van der Waals surface area contributed by atoms with E-state index >= 15 is 0 Å². The second kappa shape index (κ2) is 6.43. The Labute approximate surface area is 112 Å². The highest BCUT2D eigenvalue weighted by Gasteiger charge is 2.13. The first kappa shape index (κ1) is 13.7. The van der Waals surface area contributed by atoms with Crippen molar-refractivity contribution in [3.8, 4) is 0 Å². The number of halogens is 1. The van der Waals surface area contributed by atoms with Gasteiger partial charge in [-0.15, -0.1) is 0 Å². The molecule has 0 fully saturated rings. The Morgan fingerprint density at radius 2 is 2.16 bits per heavy atom. The lowest BCUT2D eigenvalue weighted by atomic mass is 10.1. The molecule has 2 aromatic heterocycles. The van der Waals surface area contributed by atoms with Crippen molar-refractivity contribution in [1.29, 1.82) is 0 Å². The van der Waals surface area contributed by atoms with E-state index in [1.54, 1.807) is 6.07 Å². The van der Waals surface area contributed by atoms with E-state index < -0.39 is 0 Å². The molecule has 0 aliphatic rings. The molecule has 2 aromatic rings. The second-order valence-electron chi connectivity index (χ2n) is 4.42. The molecule has 4 nitrogen and oxygen atoms in total. The normalized spacial score (nSPS) is 12.6. The van der Waals surface area contributed by atoms with Crippen LogP contribution in [0.5, 0.6) is 0 Å². The standard InChI is InChI=1S/C14H19FN4/c1-3-16-14(13-6-5-12(15)9-17-13)7-11-8-18-19(4-2)10-11/h5-6,8-10,14,16H,3-4,7H2,1-2H3. The van der Waals surface area contributed by atoms with Crippen LogP contribution >= 0.6 is 0 Å². The van der Waals surface area contributed by atoms with E-state index in [0.29, 0.717) is 0 Å². The monoisotopic (exact) mass is 262 g/mol. The molecule has 0 saturated heterocycles. The van der Waals surface area contributed by atoms with E-state index in [0.717, 1.165) is 30.8 Å². The molecule has 1 unspecified atom stereocenters. The predicted molar refractivity (Wildman–Crippen MR) is 72.2 cm³/mol. The summed E-state index contributed by atoms with van der Waals surface area (Å²) in [6, 6.07) is 3.26. The minimum atomic E-state index is -0.308. The number of aromatic nitrogens is 3. The van der Waals surface area contributed by atoms with Crippen LogP contribution in [0.3, 0.4) is 0 Å². The third-order valence-electron chi connectivity index (χ3n) is 3.01. The van der Waals surface area contributed by atoms with E-state index in [4.69, 9.17) is 0 Å². The van der Waals surface area contributed by atoms with Crippen LogP contribution in [-0.2, 0) is 13.0 Å². The minimum Gasteiger partial charge on any atom is -0.309 e. The van der Waals surface area contributed by atoms with E-state index in [9.17, 15) is 4.39 Å². The Balaban J connectivity index is 2.13. The summed E-state index contributed by atoms with van der Waals surface area (Å²) < 4.78 is 14.8. The zero-order valence-electron chi connectivity index (χ0n) is 11.3. The van der Waals surface area contributed by atoms with E-state index in [1.807, 2.05) is 24.0 Å². The van der Waals surface area contributed by atoms with Crippen molar-refractivity contribution >= 4 is 0 Å². The van der Waals surface area contributed by atoms with Gasteiger partial charge in [0, 0.05) is 12.7 Å². The average molecular weight is 262 g/mol. The van der Waals surface area contributed by atoms with Gasteiger partial charge in [0.05, 0.1) is 24.1 Å². The average Bonchev–Trinajstić information content (AvgIpc) is 2.87. The number of pyridine rings is 1. The molecular formula is C14H19FN4. The molecule has 19 heavy (non-hydrogen) atoms. The molecule has 1 N–H and O–H groups in total. The molecule has 0 bridgehead atoms. The van der Waals surface area contributed by atoms with Crippen molar-refractivity contribution in [3.63, 3.8) is 0 Å². The summed E-state index contributed by atoms with van der Waals surface area (Å²) in [4.78, 5) is 4.16. The zero-order chi connectivity index (χ0) is 13.7. The molecule has 102 valence electrons. The Morgan fingerprint density at radius 1 is 1.32 bits per heavy atom. The van der Waals surface area contributed by atoms with E-state index in [-0.39, 0.29) is 11.9 Å². The van der Waals surface area contributed by atoms with Crippen LogP contribution in [-0.4, -0.2) is 21.3 Å². The first-order valence-corrected chi connectivity index (χ1v) is 6.59. The third kappa shape index (κ3) is 3.61. The summed E-state index contributed by atoms with van der Waals surface area (Å²) in [7, 11) is 0. The molecule has 5 heteroatoms. The highest BCUT2D eigenvalue weighted by molar-refractivity contribution is 5.15. The van der Waals surface area contributed by atoms with Crippen LogP contribution in [0.15, 0.2) is 30.7 Å². The van der Waals surface area contributed by atoms with Gasteiger partial charge in [-0.1, -0.05) is 6.92 Å². The zero-order valence-corrected chi connectivity index (χ0v) is 11.3. The smallest absolute Gasteiger partial charge is 0.141 e. The maximum Gasteiger partial charge on any atom is 0.141 e. The van der Waals surface area contributed by atoms with Crippen molar-refractivity contribution in [2.24, 2.45) is 0 Å². The fourth-order valence-corrected chi connectivity index (χ4v) is 2.04. The van der Waals surface area contributed by atoms with Crippen LogP contribution in [0.2, 0.25) is 0 Å². The highest BCUT2D eigenvalue weighted by atomic mass is 19.1. The summed E-state index contributed by atoms with van der Waals surface area (Å²) in [5.41, 5.74) is 2.01. The molecule has 0 saturated carbocycles. The molecule has 0 radical (unpaired) electrons. The van der Waals surface area contributed by atoms with Crippen molar-refractivity contribution < 1.29 is 4.39 Å². The van der Waals surface area contributed by atoms with E-state index in [1.165, 1.54) is 12.3 Å². The number of nitrogens with one attached hydrogen (secondary N) is 1. The fraction of sp³-hybridized carbons (Fsp3) is 0.429. The molecule has 0 spiro atoms. The van der Waals surface area contributed by atoms with Crippen LogP contribution < -0.4 is 5.32 Å². The molecule has 2 rings (SSSR count). The SMILES string of the molecule is CCNC(Cc1cnn(CC)c1)c1ccc(F)cn1. The molecule has 0 aliphatic heterocycles. The van der Waals surface area contributed by atoms with Gasteiger partial charge in [0.15, 0.2) is 0 Å². The van der Waals surface area contributed by atoms with Gasteiger partial charge in [-0.25, -0.2) is 4.39 Å². The Hall–Kier alpha value is -1.75. The molecule has 0 amide bonds. The summed E-state index contributed by atoms with van der Waals surface area (Å²) in [6.07, 6.45) is 5.97. The van der Waals surface area contributed by atoms with Gasteiger partial charge in [-0.2, -0.15) is 5.10 Å². The van der Waals surface area contributed by atoms with Gasteiger partial charge in [-0.3, -0.25) is 9.67 Å². The quantitative estimate of drug-likeness (QED) is 0.869. The van der Waals surface area contributed by atoms with Crippen LogP contribution in [0.25, 0.3) is 0 Å². The van der Waals surface area contributed by atoms with Gasteiger partial charge in [-0.05, 0) is 37.6 Å². The van der Waals surface area contributed by atoms with Crippen molar-refractivity contribution in [1.82, 2.24) is 20.1 Å². The van der Waals surface area contributed by atoms with Gasteiger partial charge < -0.3 is 5.32 Å². The predicted octanol–water partition coefficient (Wildman–Crippen LogP) is 2.33. The molecule has 0 aliphatic carbocycles.